The minimum Gasteiger partial charge on any atom is -0.494 e. The zero-order chi connectivity index (χ0) is 22.2. The van der Waals surface area contributed by atoms with Gasteiger partial charge in [0.2, 0.25) is 5.96 Å². The average Bonchev–Trinajstić information content (AvgIpc) is 3.15. The lowest BCUT2D eigenvalue weighted by molar-refractivity contribution is 0.185. The van der Waals surface area contributed by atoms with Gasteiger partial charge in [0, 0.05) is 5.56 Å². The second-order valence-corrected chi connectivity index (χ2v) is 9.25. The molecule has 1 aromatic carbocycles. The summed E-state index contributed by atoms with van der Waals surface area (Å²) >= 11 is 1.58. The zero-order valence-corrected chi connectivity index (χ0v) is 19.6. The molecule has 2 aromatic rings. The number of likely N-dealkylation sites (tertiary alicyclic amines) is 1. The summed E-state index contributed by atoms with van der Waals surface area (Å²) in [5, 5.41) is 8.73. The number of benzene rings is 1. The van der Waals surface area contributed by atoms with Crippen molar-refractivity contribution in [3.8, 4) is 16.3 Å². The van der Waals surface area contributed by atoms with Gasteiger partial charge in [0.1, 0.15) is 10.8 Å². The summed E-state index contributed by atoms with van der Waals surface area (Å²) in [6.07, 6.45) is 4.95. The van der Waals surface area contributed by atoms with Crippen molar-refractivity contribution in [2.24, 2.45) is 27.6 Å². The molecule has 31 heavy (non-hydrogen) atoms. The van der Waals surface area contributed by atoms with Crippen LogP contribution >= 0.6 is 11.3 Å². The monoisotopic (exact) mass is 442 g/mol. The SMILES string of the molecule is C/C(=N\N=C(N)N)c1sc(-c2ccc(OCCCCN3CCC(C)CC3)cc2)nc1C. The van der Waals surface area contributed by atoms with Gasteiger partial charge in [-0.3, -0.25) is 0 Å². The number of aromatic nitrogens is 1. The third kappa shape index (κ3) is 7.04. The highest BCUT2D eigenvalue weighted by Gasteiger charge is 2.15. The summed E-state index contributed by atoms with van der Waals surface area (Å²) < 4.78 is 5.93. The van der Waals surface area contributed by atoms with Crippen LogP contribution in [-0.4, -0.2) is 47.8 Å². The predicted molar refractivity (Wildman–Crippen MR) is 130 cm³/mol. The standard InChI is InChI=1S/C23H34N6OS/c1-16-10-13-29(14-11-16)12-4-5-15-30-20-8-6-19(7-9-20)22-26-17(2)21(31-22)18(3)27-28-23(24)25/h6-9,16H,4-5,10-15H2,1-3H3,(H4,24,25,28)/b27-18+. The molecule has 0 amide bonds. The number of ether oxygens (including phenoxy) is 1. The number of thiazole rings is 1. The fraction of sp³-hybridized carbons (Fsp3) is 0.522. The molecule has 168 valence electrons. The molecule has 7 nitrogen and oxygen atoms in total. The zero-order valence-electron chi connectivity index (χ0n) is 18.8. The Hall–Kier alpha value is -2.45. The second-order valence-electron chi connectivity index (χ2n) is 8.25. The largest absolute Gasteiger partial charge is 0.494 e. The maximum atomic E-state index is 5.93. The van der Waals surface area contributed by atoms with Crippen LogP contribution in [0.25, 0.3) is 10.6 Å². The van der Waals surface area contributed by atoms with Gasteiger partial charge in [0.25, 0.3) is 0 Å². The summed E-state index contributed by atoms with van der Waals surface area (Å²) in [7, 11) is 0. The summed E-state index contributed by atoms with van der Waals surface area (Å²) in [5.74, 6) is 1.73. The molecule has 0 radical (unpaired) electrons. The Labute approximate surface area is 189 Å². The van der Waals surface area contributed by atoms with Gasteiger partial charge in [-0.05, 0) is 89.3 Å². The van der Waals surface area contributed by atoms with E-state index in [0.717, 1.165) is 51.5 Å². The molecule has 8 heteroatoms. The van der Waals surface area contributed by atoms with Gasteiger partial charge in [-0.25, -0.2) is 4.98 Å². The highest BCUT2D eigenvalue weighted by Crippen LogP contribution is 2.29. The van der Waals surface area contributed by atoms with E-state index >= 15 is 0 Å². The van der Waals surface area contributed by atoms with Crippen LogP contribution in [0.15, 0.2) is 34.5 Å². The van der Waals surface area contributed by atoms with Gasteiger partial charge in [-0.1, -0.05) is 6.92 Å². The Kier molecular flexibility index (Phi) is 8.43. The minimum absolute atomic E-state index is 0.0570. The first-order valence-corrected chi connectivity index (χ1v) is 11.8. The Morgan fingerprint density at radius 1 is 1.16 bits per heavy atom. The van der Waals surface area contributed by atoms with E-state index in [1.54, 1.807) is 11.3 Å². The highest BCUT2D eigenvalue weighted by molar-refractivity contribution is 7.17. The van der Waals surface area contributed by atoms with Crippen molar-refractivity contribution in [1.82, 2.24) is 9.88 Å². The van der Waals surface area contributed by atoms with E-state index in [-0.39, 0.29) is 5.96 Å². The number of hydrogen-bond donors (Lipinski definition) is 2. The highest BCUT2D eigenvalue weighted by atomic mass is 32.1. The van der Waals surface area contributed by atoms with Crippen molar-refractivity contribution in [3.05, 3.63) is 34.8 Å². The number of piperidine rings is 1. The fourth-order valence-corrected chi connectivity index (χ4v) is 4.65. The molecule has 4 N–H and O–H groups in total. The summed E-state index contributed by atoms with van der Waals surface area (Å²) in [6.45, 7) is 10.6. The molecule has 0 spiro atoms. The molecular formula is C23H34N6OS. The van der Waals surface area contributed by atoms with Gasteiger partial charge in [-0.2, -0.15) is 5.10 Å². The lowest BCUT2D eigenvalue weighted by atomic mass is 9.99. The van der Waals surface area contributed by atoms with Crippen molar-refractivity contribution in [3.63, 3.8) is 0 Å². The van der Waals surface area contributed by atoms with Crippen LogP contribution in [0.5, 0.6) is 5.75 Å². The van der Waals surface area contributed by atoms with Crippen LogP contribution in [-0.2, 0) is 0 Å². The molecule has 0 atom stereocenters. The Balaban J connectivity index is 1.47. The number of nitrogens with zero attached hydrogens (tertiary/aromatic N) is 4. The molecule has 3 rings (SSSR count). The minimum atomic E-state index is -0.0570. The number of hydrogen-bond acceptors (Lipinski definition) is 6. The Morgan fingerprint density at radius 2 is 1.87 bits per heavy atom. The number of guanidine groups is 1. The fourth-order valence-electron chi connectivity index (χ4n) is 3.64. The third-order valence-electron chi connectivity index (χ3n) is 5.56. The van der Waals surface area contributed by atoms with Crippen molar-refractivity contribution in [1.29, 1.82) is 0 Å². The van der Waals surface area contributed by atoms with E-state index in [1.165, 1.54) is 38.9 Å². The molecule has 1 aliphatic rings. The Bertz CT molecular complexity index is 893. The van der Waals surface area contributed by atoms with Gasteiger partial charge in [0.15, 0.2) is 0 Å². The lowest BCUT2D eigenvalue weighted by Gasteiger charge is -2.30. The van der Waals surface area contributed by atoms with E-state index in [0.29, 0.717) is 0 Å². The second kappa shape index (κ2) is 11.2. The number of aryl methyl sites for hydroxylation is 1. The number of unbranched alkanes of at least 4 members (excludes halogenated alkanes) is 1. The first kappa shape index (κ1) is 23.2. The van der Waals surface area contributed by atoms with Crippen molar-refractivity contribution >= 4 is 23.0 Å². The quantitative estimate of drug-likeness (QED) is 0.264. The average molecular weight is 443 g/mol. The van der Waals surface area contributed by atoms with Crippen LogP contribution in [0.1, 0.15) is 50.1 Å². The van der Waals surface area contributed by atoms with Crippen LogP contribution in [0, 0.1) is 12.8 Å². The lowest BCUT2D eigenvalue weighted by Crippen LogP contribution is -2.33. The van der Waals surface area contributed by atoms with E-state index < -0.39 is 0 Å². The number of nitrogens with two attached hydrogens (primary N) is 2. The molecule has 1 aliphatic heterocycles. The molecule has 0 unspecified atom stereocenters. The van der Waals surface area contributed by atoms with Gasteiger partial charge >= 0.3 is 0 Å². The van der Waals surface area contributed by atoms with E-state index in [4.69, 9.17) is 16.2 Å². The molecule has 1 fully saturated rings. The van der Waals surface area contributed by atoms with Gasteiger partial charge < -0.3 is 21.1 Å². The summed E-state index contributed by atoms with van der Waals surface area (Å²) in [5.41, 5.74) is 13.4. The molecule has 0 saturated carbocycles. The van der Waals surface area contributed by atoms with Crippen LogP contribution in [0.4, 0.5) is 0 Å². The van der Waals surface area contributed by atoms with Crippen LogP contribution < -0.4 is 16.2 Å². The normalized spacial score (nSPS) is 15.8. The van der Waals surface area contributed by atoms with Crippen molar-refractivity contribution in [2.75, 3.05) is 26.2 Å². The first-order valence-electron chi connectivity index (χ1n) is 11.0. The molecule has 0 bridgehead atoms. The van der Waals surface area contributed by atoms with Gasteiger partial charge in [0.05, 0.1) is 22.9 Å². The molecule has 2 heterocycles. The third-order valence-corrected chi connectivity index (χ3v) is 6.87. The maximum Gasteiger partial charge on any atom is 0.211 e. The molecule has 1 aromatic heterocycles. The van der Waals surface area contributed by atoms with Crippen LogP contribution in [0.3, 0.4) is 0 Å². The van der Waals surface area contributed by atoms with Gasteiger partial charge in [-0.15, -0.1) is 16.4 Å². The number of rotatable bonds is 9. The maximum absolute atomic E-state index is 5.93. The molecule has 1 saturated heterocycles. The topological polar surface area (TPSA) is 102 Å². The van der Waals surface area contributed by atoms with Crippen molar-refractivity contribution in [2.45, 2.75) is 46.5 Å². The van der Waals surface area contributed by atoms with Crippen molar-refractivity contribution < 1.29 is 4.74 Å². The first-order chi connectivity index (χ1) is 14.9. The van der Waals surface area contributed by atoms with Crippen LogP contribution in [0.2, 0.25) is 0 Å². The van der Waals surface area contributed by atoms with E-state index in [1.807, 2.05) is 26.0 Å². The van der Waals surface area contributed by atoms with E-state index in [2.05, 4.69) is 39.1 Å². The summed E-state index contributed by atoms with van der Waals surface area (Å²) in [6, 6.07) is 8.12. The van der Waals surface area contributed by atoms with E-state index in [9.17, 15) is 0 Å². The molecule has 0 aliphatic carbocycles. The smallest absolute Gasteiger partial charge is 0.211 e. The summed E-state index contributed by atoms with van der Waals surface area (Å²) in [4.78, 5) is 8.24. The Morgan fingerprint density at radius 3 is 2.55 bits per heavy atom. The molecular weight excluding hydrogens is 408 g/mol. The predicted octanol–water partition coefficient (Wildman–Crippen LogP) is 4.01.